The Hall–Kier alpha value is -6.32. The Morgan fingerprint density at radius 3 is 1.87 bits per heavy atom. The summed E-state index contributed by atoms with van der Waals surface area (Å²) >= 11 is 0. The first-order chi connectivity index (χ1) is 23.3. The highest BCUT2D eigenvalue weighted by molar-refractivity contribution is 6.25. The van der Waals surface area contributed by atoms with E-state index < -0.39 is 0 Å². The van der Waals surface area contributed by atoms with Crippen molar-refractivity contribution in [3.05, 3.63) is 158 Å². The second-order valence-electron chi connectivity index (χ2n) is 12.5. The van der Waals surface area contributed by atoms with E-state index in [4.69, 9.17) is 4.42 Å². The van der Waals surface area contributed by atoms with Crippen molar-refractivity contribution < 1.29 is 4.42 Å². The predicted octanol–water partition coefficient (Wildman–Crippen LogP) is 12.1. The van der Waals surface area contributed by atoms with Crippen LogP contribution in [0.15, 0.2) is 162 Å². The fourth-order valence-electron chi connectivity index (χ4n) is 8.06. The fraction of sp³-hybridized carbons (Fsp3) is 0. The van der Waals surface area contributed by atoms with Gasteiger partial charge in [0.1, 0.15) is 5.58 Å². The molecule has 0 N–H and O–H groups in total. The third-order valence-corrected chi connectivity index (χ3v) is 10.1. The molecule has 11 rings (SSSR count). The van der Waals surface area contributed by atoms with Crippen molar-refractivity contribution in [1.82, 2.24) is 9.13 Å². The lowest BCUT2D eigenvalue weighted by Crippen LogP contribution is -1.97. The predicted molar refractivity (Wildman–Crippen MR) is 197 cm³/mol. The molecule has 8 aromatic carbocycles. The Balaban J connectivity index is 1.36. The van der Waals surface area contributed by atoms with Gasteiger partial charge < -0.3 is 13.6 Å². The molecule has 0 aliphatic heterocycles. The largest absolute Gasteiger partial charge is 0.454 e. The summed E-state index contributed by atoms with van der Waals surface area (Å²) in [5, 5.41) is 12.2. The van der Waals surface area contributed by atoms with Crippen molar-refractivity contribution in [2.75, 3.05) is 0 Å². The second kappa shape index (κ2) is 9.12. The van der Waals surface area contributed by atoms with Crippen LogP contribution < -0.4 is 0 Å². The van der Waals surface area contributed by atoms with Gasteiger partial charge in [0.15, 0.2) is 5.58 Å². The Kier molecular flexibility index (Phi) is 4.84. The molecule has 11 aromatic rings. The van der Waals surface area contributed by atoms with Crippen LogP contribution in [-0.4, -0.2) is 9.13 Å². The lowest BCUT2D eigenvalue weighted by molar-refractivity contribution is 0.671. The van der Waals surface area contributed by atoms with Crippen LogP contribution in [0, 0.1) is 0 Å². The molecule has 0 radical (unpaired) electrons. The molecule has 0 unspecified atom stereocenters. The van der Waals surface area contributed by atoms with Gasteiger partial charge in [-0.3, -0.25) is 0 Å². The van der Waals surface area contributed by atoms with Crippen LogP contribution in [0.4, 0.5) is 0 Å². The van der Waals surface area contributed by atoms with Gasteiger partial charge in [0.25, 0.3) is 0 Å². The summed E-state index contributed by atoms with van der Waals surface area (Å²) in [5.41, 5.74) is 8.75. The smallest absolute Gasteiger partial charge is 0.160 e. The number of fused-ring (bicyclic) bond motifs is 13. The van der Waals surface area contributed by atoms with Gasteiger partial charge in [0.05, 0.1) is 27.8 Å². The topological polar surface area (TPSA) is 23.0 Å². The first-order valence-electron chi connectivity index (χ1n) is 16.1. The summed E-state index contributed by atoms with van der Waals surface area (Å²) in [5.74, 6) is 0. The minimum absolute atomic E-state index is 0.908. The van der Waals surface area contributed by atoms with E-state index >= 15 is 0 Å². The van der Waals surface area contributed by atoms with E-state index in [0.29, 0.717) is 0 Å². The summed E-state index contributed by atoms with van der Waals surface area (Å²) in [6.07, 6.45) is 0. The molecule has 0 saturated carbocycles. The van der Waals surface area contributed by atoms with Crippen LogP contribution in [0.2, 0.25) is 0 Å². The van der Waals surface area contributed by atoms with Crippen molar-refractivity contribution in [2.24, 2.45) is 0 Å². The molecule has 0 aliphatic carbocycles. The summed E-state index contributed by atoms with van der Waals surface area (Å²) in [7, 11) is 0. The van der Waals surface area contributed by atoms with Gasteiger partial charge in [-0.15, -0.1) is 0 Å². The minimum atomic E-state index is 0.908. The number of rotatable bonds is 2. The number of para-hydroxylation sites is 3. The number of nitrogens with zero attached hydrogens (tertiary/aromatic N) is 2. The monoisotopic (exact) mass is 598 g/mol. The van der Waals surface area contributed by atoms with Gasteiger partial charge in [0.2, 0.25) is 0 Å². The number of hydrogen-bond donors (Lipinski definition) is 0. The van der Waals surface area contributed by atoms with Gasteiger partial charge in [-0.1, -0.05) is 109 Å². The van der Waals surface area contributed by atoms with Crippen LogP contribution in [-0.2, 0) is 0 Å². The van der Waals surface area contributed by atoms with E-state index in [1.54, 1.807) is 0 Å². The van der Waals surface area contributed by atoms with Crippen molar-refractivity contribution in [3.63, 3.8) is 0 Å². The zero-order valence-electron chi connectivity index (χ0n) is 25.3. The van der Waals surface area contributed by atoms with Gasteiger partial charge in [-0.25, -0.2) is 0 Å². The number of aromatic nitrogens is 2. The summed E-state index contributed by atoms with van der Waals surface area (Å²) in [6, 6.07) is 57.1. The molecular weight excluding hydrogens is 572 g/mol. The number of furan rings is 1. The highest BCUT2D eigenvalue weighted by Gasteiger charge is 2.22. The molecule has 0 aliphatic rings. The molecule has 3 heteroatoms. The zero-order valence-corrected chi connectivity index (χ0v) is 25.3. The van der Waals surface area contributed by atoms with Crippen LogP contribution in [0.3, 0.4) is 0 Å². The average molecular weight is 599 g/mol. The zero-order chi connectivity index (χ0) is 30.6. The lowest BCUT2D eigenvalue weighted by atomic mass is 10.00. The molecule has 218 valence electrons. The van der Waals surface area contributed by atoms with E-state index in [-0.39, 0.29) is 0 Å². The molecule has 0 saturated heterocycles. The maximum Gasteiger partial charge on any atom is 0.160 e. The normalized spacial score (nSPS) is 12.3. The van der Waals surface area contributed by atoms with Gasteiger partial charge >= 0.3 is 0 Å². The molecule has 47 heavy (non-hydrogen) atoms. The molecule has 0 fully saturated rings. The Labute approximate surface area is 269 Å². The maximum absolute atomic E-state index is 6.66. The molecule has 0 bridgehead atoms. The van der Waals surface area contributed by atoms with E-state index in [2.05, 4.69) is 161 Å². The molecule has 0 spiro atoms. The van der Waals surface area contributed by atoms with Crippen LogP contribution >= 0.6 is 0 Å². The number of benzene rings is 8. The van der Waals surface area contributed by atoms with E-state index in [1.165, 1.54) is 59.8 Å². The first-order valence-corrected chi connectivity index (χ1v) is 16.1. The Morgan fingerprint density at radius 2 is 1.00 bits per heavy atom. The minimum Gasteiger partial charge on any atom is -0.454 e. The average Bonchev–Trinajstić information content (AvgIpc) is 3.78. The molecule has 3 nitrogen and oxygen atoms in total. The fourth-order valence-corrected chi connectivity index (χ4v) is 8.06. The third-order valence-electron chi connectivity index (χ3n) is 10.1. The molecule has 0 amide bonds. The highest BCUT2D eigenvalue weighted by atomic mass is 16.3. The van der Waals surface area contributed by atoms with Crippen LogP contribution in [0.25, 0.3) is 98.5 Å². The van der Waals surface area contributed by atoms with E-state index in [1.807, 2.05) is 6.07 Å². The van der Waals surface area contributed by atoms with Crippen molar-refractivity contribution in [1.29, 1.82) is 0 Å². The van der Waals surface area contributed by atoms with Gasteiger partial charge in [-0.2, -0.15) is 0 Å². The first kappa shape index (κ1) is 24.9. The van der Waals surface area contributed by atoms with Crippen LogP contribution in [0.1, 0.15) is 0 Å². The molecule has 3 heterocycles. The van der Waals surface area contributed by atoms with Gasteiger partial charge in [-0.05, 0) is 64.7 Å². The van der Waals surface area contributed by atoms with Gasteiger partial charge in [0, 0.05) is 43.4 Å². The highest BCUT2D eigenvalue weighted by Crippen LogP contribution is 2.44. The molecule has 3 aromatic heterocycles. The summed E-state index contributed by atoms with van der Waals surface area (Å²) in [6.45, 7) is 0. The maximum atomic E-state index is 6.66. The molecular formula is C44H26N2O. The van der Waals surface area contributed by atoms with Crippen molar-refractivity contribution in [3.8, 4) is 11.4 Å². The number of hydrogen-bond acceptors (Lipinski definition) is 1. The lowest BCUT2D eigenvalue weighted by Gasteiger charge is -2.14. The van der Waals surface area contributed by atoms with E-state index in [9.17, 15) is 0 Å². The van der Waals surface area contributed by atoms with Crippen molar-refractivity contribution >= 4 is 87.1 Å². The quantitative estimate of drug-likeness (QED) is 0.182. The SMILES string of the molecule is c1ccc(-n2c3cc4c(cc3c3ccc5c6ccccc6oc5c32)c2ccccc2n4-c2cc3ccccc3c3ccccc23)cc1. The second-order valence-corrected chi connectivity index (χ2v) is 12.5. The Bertz CT molecular complexity index is 3070. The molecule has 0 atom stereocenters. The standard InChI is InChI=1S/C44H26N2O/c1-2-13-28(14-3-1)45-40-26-41-36(25-37(40)34-22-23-35-33-19-9-11-21-42(33)47-44(35)43(34)45)32-18-8-10-20-38(32)46(41)39-24-27-12-4-5-15-29(27)30-16-6-7-17-31(30)39/h1-26H. The van der Waals surface area contributed by atoms with Crippen molar-refractivity contribution in [2.45, 2.75) is 0 Å². The van der Waals surface area contributed by atoms with Crippen LogP contribution in [0.5, 0.6) is 0 Å². The summed E-state index contributed by atoms with van der Waals surface area (Å²) < 4.78 is 11.5. The third kappa shape index (κ3) is 3.30. The Morgan fingerprint density at radius 1 is 0.362 bits per heavy atom. The van der Waals surface area contributed by atoms with E-state index in [0.717, 1.165) is 38.7 Å². The summed E-state index contributed by atoms with van der Waals surface area (Å²) in [4.78, 5) is 0.